The van der Waals surface area contributed by atoms with Crippen LogP contribution in [0.15, 0.2) is 54.9 Å². The van der Waals surface area contributed by atoms with Crippen LogP contribution in [0.5, 0.6) is 0 Å². The summed E-state index contributed by atoms with van der Waals surface area (Å²) in [7, 11) is 1.81. The van der Waals surface area contributed by atoms with Gasteiger partial charge in [-0.2, -0.15) is 10.4 Å². The number of hydrogen-bond acceptors (Lipinski definition) is 6. The van der Waals surface area contributed by atoms with E-state index in [1.165, 1.54) is 12.1 Å². The van der Waals surface area contributed by atoms with Gasteiger partial charge in [-0.25, -0.2) is 14.4 Å². The Hall–Kier alpha value is -4.29. The fraction of sp³-hybridized carbons (Fsp3) is 0.160. The Morgan fingerprint density at radius 2 is 2.11 bits per heavy atom. The molecule has 0 fully saturated rings. The lowest BCUT2D eigenvalue weighted by Crippen LogP contribution is -2.31. The number of carbonyl (C=O) groups excluding carboxylic acids is 1. The minimum absolute atomic E-state index is 0.0579. The number of hydrogen-bond donors (Lipinski definition) is 1. The summed E-state index contributed by atoms with van der Waals surface area (Å²) in [5.41, 5.74) is 3.62. The van der Waals surface area contributed by atoms with Crippen molar-refractivity contribution < 1.29 is 9.18 Å². The van der Waals surface area contributed by atoms with Crippen LogP contribution in [0.4, 0.5) is 21.8 Å². The molecule has 0 atom stereocenters. The van der Waals surface area contributed by atoms with Gasteiger partial charge in [0, 0.05) is 31.4 Å². The van der Waals surface area contributed by atoms with Gasteiger partial charge in [-0.05, 0) is 41.8 Å². The van der Waals surface area contributed by atoms with Gasteiger partial charge in [0.2, 0.25) is 11.9 Å². The average molecular weight is 488 g/mol. The average Bonchev–Trinajstić information content (AvgIpc) is 3.47. The molecule has 0 spiro atoms. The van der Waals surface area contributed by atoms with Gasteiger partial charge in [0.1, 0.15) is 17.7 Å². The summed E-state index contributed by atoms with van der Waals surface area (Å²) in [6.07, 6.45) is 3.84. The van der Waals surface area contributed by atoms with Crippen molar-refractivity contribution in [1.82, 2.24) is 19.7 Å². The minimum atomic E-state index is -0.566. The Bertz CT molecular complexity index is 1490. The predicted molar refractivity (Wildman–Crippen MR) is 130 cm³/mol. The first-order chi connectivity index (χ1) is 16.9. The van der Waals surface area contributed by atoms with E-state index in [1.807, 2.05) is 12.1 Å². The largest absolute Gasteiger partial charge is 0.310 e. The van der Waals surface area contributed by atoms with Gasteiger partial charge in [-0.15, -0.1) is 0 Å². The Morgan fingerprint density at radius 1 is 1.26 bits per heavy atom. The molecule has 174 valence electrons. The lowest BCUT2D eigenvalue weighted by Gasteiger charge is -2.19. The van der Waals surface area contributed by atoms with Crippen LogP contribution in [-0.2, 0) is 24.7 Å². The molecule has 3 heterocycles. The Labute approximate surface area is 205 Å². The molecule has 10 heteroatoms. The molecule has 0 aliphatic carbocycles. The Morgan fingerprint density at radius 3 is 2.89 bits per heavy atom. The summed E-state index contributed by atoms with van der Waals surface area (Å²) < 4.78 is 15.5. The molecule has 4 aromatic rings. The molecule has 0 saturated carbocycles. The maximum atomic E-state index is 13.8. The zero-order valence-electron chi connectivity index (χ0n) is 18.7. The number of aryl methyl sites for hydroxylation is 1. The number of amides is 1. The molecular weight excluding hydrogens is 469 g/mol. The third-order valence-electron chi connectivity index (χ3n) is 5.87. The number of nitriles is 1. The van der Waals surface area contributed by atoms with E-state index in [0.29, 0.717) is 41.4 Å². The molecule has 0 radical (unpaired) electrons. The highest BCUT2D eigenvalue weighted by Gasteiger charge is 2.29. The SMILES string of the molecule is Cn1nccc1Nc1nccc(-c2cc(C#N)c3c(c2)CCN3C(=O)Cc2cccc(F)c2Cl)n1. The van der Waals surface area contributed by atoms with E-state index in [-0.39, 0.29) is 17.4 Å². The highest BCUT2D eigenvalue weighted by molar-refractivity contribution is 6.31. The maximum absolute atomic E-state index is 13.8. The molecule has 8 nitrogen and oxygen atoms in total. The molecule has 1 amide bonds. The number of anilines is 3. The van der Waals surface area contributed by atoms with E-state index >= 15 is 0 Å². The summed E-state index contributed by atoms with van der Waals surface area (Å²) >= 11 is 6.04. The number of fused-ring (bicyclic) bond motifs is 1. The highest BCUT2D eigenvalue weighted by Crippen LogP contribution is 2.36. The van der Waals surface area contributed by atoms with Crippen LogP contribution in [0.25, 0.3) is 11.3 Å². The number of nitrogens with one attached hydrogen (secondary N) is 1. The van der Waals surface area contributed by atoms with Gasteiger partial charge in [0.05, 0.1) is 34.6 Å². The second kappa shape index (κ2) is 9.16. The number of benzene rings is 2. The van der Waals surface area contributed by atoms with Crippen molar-refractivity contribution in [2.75, 3.05) is 16.8 Å². The number of carbonyl (C=O) groups is 1. The maximum Gasteiger partial charge on any atom is 0.231 e. The van der Waals surface area contributed by atoms with E-state index in [4.69, 9.17) is 11.6 Å². The molecule has 2 aromatic carbocycles. The monoisotopic (exact) mass is 487 g/mol. The molecule has 1 N–H and O–H groups in total. The van der Waals surface area contributed by atoms with Crippen LogP contribution in [-0.4, -0.2) is 32.2 Å². The summed E-state index contributed by atoms with van der Waals surface area (Å²) in [4.78, 5) is 23.5. The van der Waals surface area contributed by atoms with Crippen LogP contribution in [0, 0.1) is 17.1 Å². The number of rotatable bonds is 5. The van der Waals surface area contributed by atoms with Crippen LogP contribution >= 0.6 is 11.6 Å². The smallest absolute Gasteiger partial charge is 0.231 e. The fourth-order valence-corrected chi connectivity index (χ4v) is 4.36. The van der Waals surface area contributed by atoms with Crippen molar-refractivity contribution >= 4 is 35.0 Å². The lowest BCUT2D eigenvalue weighted by molar-refractivity contribution is -0.117. The van der Waals surface area contributed by atoms with Crippen molar-refractivity contribution in [3.8, 4) is 17.3 Å². The third kappa shape index (κ3) is 4.32. The second-order valence-electron chi connectivity index (χ2n) is 8.06. The molecule has 0 saturated heterocycles. The fourth-order valence-electron chi connectivity index (χ4n) is 4.16. The van der Waals surface area contributed by atoms with E-state index in [9.17, 15) is 14.4 Å². The second-order valence-corrected chi connectivity index (χ2v) is 8.44. The summed E-state index contributed by atoms with van der Waals surface area (Å²) in [5, 5.41) is 17.1. The Balaban J connectivity index is 1.44. The first-order valence-corrected chi connectivity index (χ1v) is 11.2. The number of aromatic nitrogens is 4. The Kier molecular flexibility index (Phi) is 5.89. The normalized spacial score (nSPS) is 12.3. The van der Waals surface area contributed by atoms with E-state index < -0.39 is 5.82 Å². The van der Waals surface area contributed by atoms with Gasteiger partial charge in [0.15, 0.2) is 0 Å². The van der Waals surface area contributed by atoms with Gasteiger partial charge in [0.25, 0.3) is 0 Å². The van der Waals surface area contributed by atoms with Gasteiger partial charge in [-0.3, -0.25) is 9.48 Å². The predicted octanol–water partition coefficient (Wildman–Crippen LogP) is 4.42. The number of nitrogens with zero attached hydrogens (tertiary/aromatic N) is 6. The summed E-state index contributed by atoms with van der Waals surface area (Å²) in [6, 6.07) is 13.8. The zero-order valence-corrected chi connectivity index (χ0v) is 19.4. The highest BCUT2D eigenvalue weighted by atomic mass is 35.5. The molecule has 1 aliphatic rings. The molecule has 35 heavy (non-hydrogen) atoms. The topological polar surface area (TPSA) is 99.7 Å². The van der Waals surface area contributed by atoms with Crippen LogP contribution < -0.4 is 10.2 Å². The summed E-state index contributed by atoms with van der Waals surface area (Å²) in [6.45, 7) is 0.427. The number of halogens is 2. The summed E-state index contributed by atoms with van der Waals surface area (Å²) in [5.74, 6) is 0.323. The molecule has 1 aliphatic heterocycles. The van der Waals surface area contributed by atoms with E-state index in [0.717, 1.165) is 16.9 Å². The van der Waals surface area contributed by atoms with Crippen LogP contribution in [0.2, 0.25) is 5.02 Å². The molecule has 0 unspecified atom stereocenters. The minimum Gasteiger partial charge on any atom is -0.310 e. The van der Waals surface area contributed by atoms with Crippen molar-refractivity contribution in [2.45, 2.75) is 12.8 Å². The van der Waals surface area contributed by atoms with Crippen molar-refractivity contribution in [1.29, 1.82) is 5.26 Å². The third-order valence-corrected chi connectivity index (χ3v) is 6.29. The molecule has 2 aromatic heterocycles. The molecule has 5 rings (SSSR count). The van der Waals surface area contributed by atoms with Crippen LogP contribution in [0.3, 0.4) is 0 Å². The first kappa shape index (κ1) is 22.5. The zero-order chi connectivity index (χ0) is 24.5. The van der Waals surface area contributed by atoms with Gasteiger partial charge in [-0.1, -0.05) is 23.7 Å². The molecule has 0 bridgehead atoms. The lowest BCUT2D eigenvalue weighted by atomic mass is 10.0. The van der Waals surface area contributed by atoms with Crippen molar-refractivity contribution in [3.05, 3.63) is 82.4 Å². The van der Waals surface area contributed by atoms with E-state index in [2.05, 4.69) is 26.5 Å². The van der Waals surface area contributed by atoms with Gasteiger partial charge >= 0.3 is 0 Å². The van der Waals surface area contributed by atoms with Crippen molar-refractivity contribution in [2.24, 2.45) is 7.05 Å². The first-order valence-electron chi connectivity index (χ1n) is 10.8. The van der Waals surface area contributed by atoms with Gasteiger partial charge < -0.3 is 10.2 Å². The molecular formula is C25H19ClFN7O. The van der Waals surface area contributed by atoms with Crippen LogP contribution in [0.1, 0.15) is 16.7 Å². The van der Waals surface area contributed by atoms with E-state index in [1.54, 1.807) is 47.2 Å². The quantitative estimate of drug-likeness (QED) is 0.447. The standard InChI is InChI=1S/C25H19ClFN7O/c1-33-21(6-9-30-33)32-25-29-8-5-20(31-25)17-11-16-7-10-34(24(16)18(12-17)14-28)22(35)13-15-3-2-4-19(27)23(15)26/h2-6,8-9,11-12H,7,10,13H2,1H3,(H,29,31,32). The van der Waals surface area contributed by atoms with Crippen molar-refractivity contribution in [3.63, 3.8) is 0 Å².